The lowest BCUT2D eigenvalue weighted by atomic mass is 9.79. The summed E-state index contributed by atoms with van der Waals surface area (Å²) in [4.78, 5) is 0. The molecule has 2 aromatic carbocycles. The van der Waals surface area contributed by atoms with Gasteiger partial charge in [0.15, 0.2) is 0 Å². The van der Waals surface area contributed by atoms with E-state index in [1.54, 1.807) is 6.92 Å². The largest absolute Gasteiger partial charge is 0.509 e. The van der Waals surface area contributed by atoms with Crippen molar-refractivity contribution in [2.24, 2.45) is 0 Å². The van der Waals surface area contributed by atoms with E-state index in [1.165, 1.54) is 6.07 Å². The van der Waals surface area contributed by atoms with Gasteiger partial charge in [0.05, 0.1) is 0 Å². The van der Waals surface area contributed by atoms with E-state index < -0.39 is 12.4 Å². The normalized spacial score (nSPS) is 11.4. The average Bonchev–Trinajstić information content (AvgIpc) is 2.37. The third-order valence-electron chi connectivity index (χ3n) is 2.81. The van der Waals surface area contributed by atoms with Crippen molar-refractivity contribution >= 4 is 12.4 Å². The molecular formula is C14H13BF3O-. The lowest BCUT2D eigenvalue weighted by molar-refractivity contribution is 0.304. The fourth-order valence-electron chi connectivity index (χ4n) is 1.77. The van der Waals surface area contributed by atoms with Crippen molar-refractivity contribution < 1.29 is 17.7 Å². The van der Waals surface area contributed by atoms with Crippen LogP contribution in [0, 0.1) is 6.92 Å². The minimum absolute atomic E-state index is 0.345. The van der Waals surface area contributed by atoms with Gasteiger partial charge in [-0.25, -0.2) is 0 Å². The van der Waals surface area contributed by atoms with Gasteiger partial charge in [-0.2, -0.15) is 0 Å². The maximum Gasteiger partial charge on any atom is 0.509 e. The number of hydrogen-bond donors (Lipinski definition) is 0. The van der Waals surface area contributed by atoms with Gasteiger partial charge in [0.25, 0.3) is 0 Å². The van der Waals surface area contributed by atoms with Crippen molar-refractivity contribution in [2.75, 3.05) is 0 Å². The molecule has 2 rings (SSSR count). The Kier molecular flexibility index (Phi) is 3.83. The molecule has 0 aromatic heterocycles. The molecule has 0 aliphatic heterocycles. The Morgan fingerprint density at radius 1 is 1.00 bits per heavy atom. The summed E-state index contributed by atoms with van der Waals surface area (Å²) in [6.45, 7) is -2.99. The van der Waals surface area contributed by atoms with Crippen LogP contribution in [-0.4, -0.2) is 6.98 Å². The molecule has 0 amide bonds. The van der Waals surface area contributed by atoms with E-state index in [4.69, 9.17) is 4.74 Å². The van der Waals surface area contributed by atoms with E-state index in [0.717, 1.165) is 17.7 Å². The fraction of sp³-hybridized carbons (Fsp3) is 0.143. The lowest BCUT2D eigenvalue weighted by Crippen LogP contribution is -2.34. The highest BCUT2D eigenvalue weighted by Gasteiger charge is 2.25. The number of hydrogen-bond acceptors (Lipinski definition) is 1. The first kappa shape index (κ1) is 13.5. The summed E-state index contributed by atoms with van der Waals surface area (Å²) in [5.74, 6) is 0.479. The van der Waals surface area contributed by atoms with Gasteiger partial charge in [0.1, 0.15) is 12.4 Å². The second kappa shape index (κ2) is 5.39. The Morgan fingerprint density at radius 3 is 2.26 bits per heavy atom. The highest BCUT2D eigenvalue weighted by molar-refractivity contribution is 6.73. The molecule has 0 saturated heterocycles. The third kappa shape index (κ3) is 3.53. The lowest BCUT2D eigenvalue weighted by Gasteiger charge is -2.17. The average molecular weight is 265 g/mol. The summed E-state index contributed by atoms with van der Waals surface area (Å²) in [5, 5.41) is 0. The second-order valence-corrected chi connectivity index (χ2v) is 4.37. The zero-order chi connectivity index (χ0) is 13.9. The molecule has 0 atom stereocenters. The van der Waals surface area contributed by atoms with Crippen LogP contribution in [0.2, 0.25) is 0 Å². The van der Waals surface area contributed by atoms with Gasteiger partial charge < -0.3 is 17.7 Å². The minimum Gasteiger partial charge on any atom is -0.489 e. The van der Waals surface area contributed by atoms with Crippen LogP contribution < -0.4 is 10.2 Å². The van der Waals surface area contributed by atoms with Crippen molar-refractivity contribution in [2.45, 2.75) is 13.5 Å². The summed E-state index contributed by atoms with van der Waals surface area (Å²) in [6.07, 6.45) is 0. The first-order valence-electron chi connectivity index (χ1n) is 5.94. The number of benzene rings is 2. The standard InChI is InChI=1S/C14H13BF3O/c1-11-9-13(15(16,17)18)7-8-14(11)19-10-12-5-3-2-4-6-12/h2-9H,10H2,1H3/q-1. The quantitative estimate of drug-likeness (QED) is 0.767. The molecule has 0 spiro atoms. The molecule has 5 heteroatoms. The number of halogens is 3. The van der Waals surface area contributed by atoms with Crippen molar-refractivity contribution in [3.05, 3.63) is 59.7 Å². The number of ether oxygens (including phenoxy) is 1. The van der Waals surface area contributed by atoms with Crippen molar-refractivity contribution in [3.63, 3.8) is 0 Å². The maximum atomic E-state index is 12.6. The van der Waals surface area contributed by atoms with Gasteiger partial charge in [-0.1, -0.05) is 42.5 Å². The summed E-state index contributed by atoms with van der Waals surface area (Å²) < 4.78 is 43.2. The first-order valence-corrected chi connectivity index (χ1v) is 5.94. The third-order valence-corrected chi connectivity index (χ3v) is 2.81. The Bertz CT molecular complexity index is 552. The zero-order valence-electron chi connectivity index (χ0n) is 10.4. The van der Waals surface area contributed by atoms with E-state index >= 15 is 0 Å². The van der Waals surface area contributed by atoms with Gasteiger partial charge in [-0.05, 0) is 24.1 Å². The number of aryl methyl sites for hydroxylation is 1. The monoisotopic (exact) mass is 265 g/mol. The summed E-state index contributed by atoms with van der Waals surface area (Å²) >= 11 is 0. The van der Waals surface area contributed by atoms with E-state index in [0.29, 0.717) is 17.9 Å². The summed E-state index contributed by atoms with van der Waals surface area (Å²) in [5.41, 5.74) is 0.878. The van der Waals surface area contributed by atoms with Crippen LogP contribution in [0.4, 0.5) is 12.9 Å². The van der Waals surface area contributed by atoms with E-state index in [9.17, 15) is 12.9 Å². The second-order valence-electron chi connectivity index (χ2n) is 4.37. The van der Waals surface area contributed by atoms with Crippen LogP contribution in [0.1, 0.15) is 11.1 Å². The van der Waals surface area contributed by atoms with Crippen molar-refractivity contribution in [1.29, 1.82) is 0 Å². The minimum atomic E-state index is -4.95. The molecule has 19 heavy (non-hydrogen) atoms. The SMILES string of the molecule is Cc1cc([B-](F)(F)F)ccc1OCc1ccccc1. The zero-order valence-corrected chi connectivity index (χ0v) is 10.4. The van der Waals surface area contributed by atoms with Crippen LogP contribution in [0.15, 0.2) is 48.5 Å². The van der Waals surface area contributed by atoms with Crippen LogP contribution in [-0.2, 0) is 6.61 Å². The Labute approximate surface area is 110 Å². The molecule has 1 nitrogen and oxygen atoms in total. The Hall–Kier alpha value is -1.91. The molecule has 2 aromatic rings. The number of rotatable bonds is 4. The molecule has 0 bridgehead atoms. The topological polar surface area (TPSA) is 9.23 Å². The van der Waals surface area contributed by atoms with E-state index in [-0.39, 0.29) is 0 Å². The van der Waals surface area contributed by atoms with Crippen molar-refractivity contribution in [3.8, 4) is 5.75 Å². The molecule has 0 aliphatic rings. The molecule has 0 radical (unpaired) electrons. The molecule has 0 aliphatic carbocycles. The first-order chi connectivity index (χ1) is 8.97. The Balaban J connectivity index is 2.10. The van der Waals surface area contributed by atoms with Gasteiger partial charge in [-0.15, -0.1) is 5.46 Å². The molecule has 0 saturated carbocycles. The van der Waals surface area contributed by atoms with Gasteiger partial charge >= 0.3 is 6.98 Å². The predicted molar refractivity (Wildman–Crippen MR) is 70.7 cm³/mol. The fourth-order valence-corrected chi connectivity index (χ4v) is 1.77. The van der Waals surface area contributed by atoms with Gasteiger partial charge in [-0.3, -0.25) is 0 Å². The summed E-state index contributed by atoms with van der Waals surface area (Å²) in [7, 11) is 0. The highest BCUT2D eigenvalue weighted by atomic mass is 19.4. The molecule has 0 heterocycles. The Morgan fingerprint density at radius 2 is 1.68 bits per heavy atom. The molecule has 0 unspecified atom stereocenters. The van der Waals surface area contributed by atoms with Crippen LogP contribution in [0.25, 0.3) is 0 Å². The molecule has 0 fully saturated rings. The molecular weight excluding hydrogens is 252 g/mol. The smallest absolute Gasteiger partial charge is 0.489 e. The highest BCUT2D eigenvalue weighted by Crippen LogP contribution is 2.20. The van der Waals surface area contributed by atoms with Crippen LogP contribution >= 0.6 is 0 Å². The predicted octanol–water partition coefficient (Wildman–Crippen LogP) is 3.63. The summed E-state index contributed by atoms with van der Waals surface area (Å²) in [6, 6.07) is 13.1. The van der Waals surface area contributed by atoms with Gasteiger partial charge in [0.2, 0.25) is 0 Å². The molecule has 100 valence electrons. The van der Waals surface area contributed by atoms with E-state index in [1.807, 2.05) is 30.3 Å². The maximum absolute atomic E-state index is 12.6. The van der Waals surface area contributed by atoms with Gasteiger partial charge in [0, 0.05) is 0 Å². The van der Waals surface area contributed by atoms with Crippen LogP contribution in [0.5, 0.6) is 5.75 Å². The molecule has 0 N–H and O–H groups in total. The van der Waals surface area contributed by atoms with Crippen LogP contribution in [0.3, 0.4) is 0 Å². The van der Waals surface area contributed by atoms with E-state index in [2.05, 4.69) is 0 Å². The van der Waals surface area contributed by atoms with Crippen molar-refractivity contribution in [1.82, 2.24) is 0 Å².